The molecular formula is C17H21N7O. The first-order chi connectivity index (χ1) is 12.2. The van der Waals surface area contributed by atoms with Crippen molar-refractivity contribution in [3.05, 3.63) is 24.3 Å². The first-order valence-corrected chi connectivity index (χ1v) is 8.38. The summed E-state index contributed by atoms with van der Waals surface area (Å²) < 4.78 is 5.58. The van der Waals surface area contributed by atoms with Crippen LogP contribution in [0, 0.1) is 0 Å². The summed E-state index contributed by atoms with van der Waals surface area (Å²) >= 11 is 0. The van der Waals surface area contributed by atoms with Gasteiger partial charge in [0.15, 0.2) is 5.82 Å². The molecule has 8 nitrogen and oxygen atoms in total. The number of anilines is 3. The number of hydrogen-bond donors (Lipinski definition) is 3. The summed E-state index contributed by atoms with van der Waals surface area (Å²) in [5.41, 5.74) is 14.4. The van der Waals surface area contributed by atoms with Crippen molar-refractivity contribution < 1.29 is 4.74 Å². The molecule has 1 fully saturated rings. The number of hydrogen-bond acceptors (Lipinski definition) is 7. The number of rotatable bonds is 3. The van der Waals surface area contributed by atoms with Crippen LogP contribution in [-0.2, 0) is 4.74 Å². The molecule has 2 aromatic heterocycles. The number of aromatic amines is 1. The van der Waals surface area contributed by atoms with Crippen molar-refractivity contribution in [1.29, 1.82) is 0 Å². The summed E-state index contributed by atoms with van der Waals surface area (Å²) in [5.74, 6) is 1.59. The molecule has 0 saturated carbocycles. The van der Waals surface area contributed by atoms with Crippen molar-refractivity contribution in [3.63, 3.8) is 0 Å². The fourth-order valence-corrected chi connectivity index (χ4v) is 3.24. The molecule has 3 heterocycles. The number of morpholine rings is 1. The third-order valence-corrected chi connectivity index (χ3v) is 4.61. The Hall–Kier alpha value is -2.87. The zero-order valence-electron chi connectivity index (χ0n) is 14.1. The standard InChI is InChI=1S/C17H21N7O/c1-2-11-9-25-6-5-24(11)15-8-13(20-17(19)21-15)10-3-4-12-14(7-10)22-23-16(12)18/h3-4,7-8,11H,2,5-6,9H2,1H3,(H3,18,22,23)(H2,19,20,21). The Morgan fingerprint density at radius 3 is 3.00 bits per heavy atom. The van der Waals surface area contributed by atoms with Crippen molar-refractivity contribution in [2.75, 3.05) is 36.1 Å². The highest BCUT2D eigenvalue weighted by molar-refractivity contribution is 5.91. The zero-order chi connectivity index (χ0) is 17.4. The van der Waals surface area contributed by atoms with Gasteiger partial charge in [-0.2, -0.15) is 10.1 Å². The summed E-state index contributed by atoms with van der Waals surface area (Å²) in [6, 6.07) is 8.15. The fraction of sp³-hybridized carbons (Fsp3) is 0.353. The van der Waals surface area contributed by atoms with Gasteiger partial charge in [-0.25, -0.2) is 4.98 Å². The van der Waals surface area contributed by atoms with E-state index in [0.29, 0.717) is 25.1 Å². The number of nitrogens with one attached hydrogen (secondary N) is 1. The molecule has 1 aliphatic heterocycles. The van der Waals surface area contributed by atoms with Gasteiger partial charge in [-0.15, -0.1) is 0 Å². The maximum absolute atomic E-state index is 5.99. The lowest BCUT2D eigenvalue weighted by atomic mass is 10.1. The van der Waals surface area contributed by atoms with Gasteiger partial charge in [-0.05, 0) is 18.6 Å². The molecule has 0 radical (unpaired) electrons. The predicted octanol–water partition coefficient (Wildman–Crippen LogP) is 1.80. The molecule has 1 unspecified atom stereocenters. The van der Waals surface area contributed by atoms with Crippen LogP contribution in [0.4, 0.5) is 17.6 Å². The molecule has 4 rings (SSSR count). The Bertz CT molecular complexity index is 907. The monoisotopic (exact) mass is 339 g/mol. The zero-order valence-corrected chi connectivity index (χ0v) is 14.1. The Morgan fingerprint density at radius 2 is 2.16 bits per heavy atom. The highest BCUT2D eigenvalue weighted by Gasteiger charge is 2.23. The van der Waals surface area contributed by atoms with E-state index in [1.54, 1.807) is 0 Å². The normalized spacial score (nSPS) is 18.0. The predicted molar refractivity (Wildman–Crippen MR) is 98.2 cm³/mol. The molecule has 130 valence electrons. The van der Waals surface area contributed by atoms with Crippen LogP contribution in [0.5, 0.6) is 0 Å². The summed E-state index contributed by atoms with van der Waals surface area (Å²) in [4.78, 5) is 11.1. The van der Waals surface area contributed by atoms with Crippen LogP contribution in [0.1, 0.15) is 13.3 Å². The molecule has 0 spiro atoms. The number of fused-ring (bicyclic) bond motifs is 1. The van der Waals surface area contributed by atoms with Gasteiger partial charge in [0, 0.05) is 23.6 Å². The Kier molecular flexibility index (Phi) is 3.89. The Labute approximate surface area is 145 Å². The van der Waals surface area contributed by atoms with Crippen LogP contribution in [0.3, 0.4) is 0 Å². The van der Waals surface area contributed by atoms with E-state index in [9.17, 15) is 0 Å². The van der Waals surface area contributed by atoms with E-state index < -0.39 is 0 Å². The Morgan fingerprint density at radius 1 is 1.28 bits per heavy atom. The molecule has 25 heavy (non-hydrogen) atoms. The number of benzene rings is 1. The van der Waals surface area contributed by atoms with Gasteiger partial charge in [0.05, 0.1) is 30.5 Å². The van der Waals surface area contributed by atoms with Crippen molar-refractivity contribution in [2.45, 2.75) is 19.4 Å². The molecule has 3 aromatic rings. The van der Waals surface area contributed by atoms with Gasteiger partial charge in [0.2, 0.25) is 5.95 Å². The van der Waals surface area contributed by atoms with E-state index in [4.69, 9.17) is 16.2 Å². The number of nitrogens with two attached hydrogens (primary N) is 2. The van der Waals surface area contributed by atoms with Crippen molar-refractivity contribution in [3.8, 4) is 11.3 Å². The van der Waals surface area contributed by atoms with E-state index in [1.807, 2.05) is 24.3 Å². The second-order valence-electron chi connectivity index (χ2n) is 6.17. The highest BCUT2D eigenvalue weighted by atomic mass is 16.5. The molecule has 0 bridgehead atoms. The molecule has 0 aliphatic carbocycles. The van der Waals surface area contributed by atoms with E-state index in [1.165, 1.54) is 0 Å². The van der Waals surface area contributed by atoms with Crippen LogP contribution >= 0.6 is 0 Å². The van der Waals surface area contributed by atoms with Gasteiger partial charge in [-0.1, -0.05) is 13.0 Å². The first-order valence-electron chi connectivity index (χ1n) is 8.38. The van der Waals surface area contributed by atoms with E-state index in [2.05, 4.69) is 32.0 Å². The topological polar surface area (TPSA) is 119 Å². The number of aromatic nitrogens is 4. The third-order valence-electron chi connectivity index (χ3n) is 4.61. The van der Waals surface area contributed by atoms with Gasteiger partial charge in [-0.3, -0.25) is 5.10 Å². The van der Waals surface area contributed by atoms with Gasteiger partial charge >= 0.3 is 0 Å². The number of nitrogen functional groups attached to an aromatic ring is 2. The fourth-order valence-electron chi connectivity index (χ4n) is 3.24. The lowest BCUT2D eigenvalue weighted by molar-refractivity contribution is 0.0926. The number of ether oxygens (including phenoxy) is 1. The summed E-state index contributed by atoms with van der Waals surface area (Å²) in [6.45, 7) is 4.34. The van der Waals surface area contributed by atoms with Gasteiger partial charge in [0.25, 0.3) is 0 Å². The SMILES string of the molecule is CCC1COCCN1c1cc(-c2ccc3c(N)n[nH]c3c2)nc(N)n1. The van der Waals surface area contributed by atoms with Crippen LogP contribution in [0.15, 0.2) is 24.3 Å². The minimum Gasteiger partial charge on any atom is -0.382 e. The average Bonchev–Trinajstić information content (AvgIpc) is 3.01. The van der Waals surface area contributed by atoms with Gasteiger partial charge < -0.3 is 21.1 Å². The van der Waals surface area contributed by atoms with E-state index in [0.717, 1.165) is 40.9 Å². The van der Waals surface area contributed by atoms with Crippen molar-refractivity contribution in [2.24, 2.45) is 0 Å². The lowest BCUT2D eigenvalue weighted by Gasteiger charge is -2.36. The number of nitrogens with zero attached hydrogens (tertiary/aromatic N) is 4. The van der Waals surface area contributed by atoms with Crippen LogP contribution in [0.25, 0.3) is 22.2 Å². The molecule has 5 N–H and O–H groups in total. The minimum atomic E-state index is 0.262. The summed E-state index contributed by atoms with van der Waals surface area (Å²) in [6.07, 6.45) is 0.985. The maximum atomic E-state index is 5.99. The molecule has 1 aliphatic rings. The molecule has 1 atom stereocenters. The minimum absolute atomic E-state index is 0.262. The van der Waals surface area contributed by atoms with Crippen molar-refractivity contribution >= 4 is 28.5 Å². The van der Waals surface area contributed by atoms with Crippen LogP contribution in [0.2, 0.25) is 0 Å². The second kappa shape index (κ2) is 6.21. The molecule has 0 amide bonds. The second-order valence-corrected chi connectivity index (χ2v) is 6.17. The summed E-state index contributed by atoms with van der Waals surface area (Å²) in [7, 11) is 0. The van der Waals surface area contributed by atoms with Crippen molar-refractivity contribution in [1.82, 2.24) is 20.2 Å². The average molecular weight is 339 g/mol. The van der Waals surface area contributed by atoms with Crippen LogP contribution < -0.4 is 16.4 Å². The largest absolute Gasteiger partial charge is 0.382 e. The summed E-state index contributed by atoms with van der Waals surface area (Å²) in [5, 5.41) is 7.86. The first kappa shape index (κ1) is 15.6. The quantitative estimate of drug-likeness (QED) is 0.665. The Balaban J connectivity index is 1.75. The maximum Gasteiger partial charge on any atom is 0.222 e. The molecule has 1 aromatic carbocycles. The van der Waals surface area contributed by atoms with E-state index >= 15 is 0 Å². The highest BCUT2D eigenvalue weighted by Crippen LogP contribution is 2.28. The lowest BCUT2D eigenvalue weighted by Crippen LogP contribution is -2.45. The van der Waals surface area contributed by atoms with Crippen LogP contribution in [-0.4, -0.2) is 46.0 Å². The van der Waals surface area contributed by atoms with Gasteiger partial charge in [0.1, 0.15) is 5.82 Å². The third kappa shape index (κ3) is 2.85. The van der Waals surface area contributed by atoms with E-state index in [-0.39, 0.29) is 5.95 Å². The number of H-pyrrole nitrogens is 1. The molecule has 8 heteroatoms. The smallest absolute Gasteiger partial charge is 0.222 e. The molecular weight excluding hydrogens is 318 g/mol. The molecule has 1 saturated heterocycles.